The van der Waals surface area contributed by atoms with Gasteiger partial charge in [-0.25, -0.2) is 9.59 Å². The quantitative estimate of drug-likeness (QED) is 0.634. The van der Waals surface area contributed by atoms with Crippen LogP contribution in [-0.4, -0.2) is 37.2 Å². The van der Waals surface area contributed by atoms with E-state index in [1.54, 1.807) is 0 Å². The second kappa shape index (κ2) is 7.33. The third-order valence-electron chi connectivity index (χ3n) is 2.94. The van der Waals surface area contributed by atoms with Gasteiger partial charge in [-0.3, -0.25) is 4.79 Å². The number of hydrogen-bond acceptors (Lipinski definition) is 7. The molecule has 24 heavy (non-hydrogen) atoms. The van der Waals surface area contributed by atoms with Crippen LogP contribution in [0.15, 0.2) is 24.3 Å². The number of anilines is 1. The number of hydrogen-bond donors (Lipinski definition) is 2. The Balaban J connectivity index is 2.29. The van der Waals surface area contributed by atoms with E-state index in [0.29, 0.717) is 0 Å². The number of aromatic hydroxyl groups is 1. The van der Waals surface area contributed by atoms with E-state index in [4.69, 9.17) is 11.6 Å². The van der Waals surface area contributed by atoms with Crippen molar-refractivity contribution in [2.75, 3.05) is 19.5 Å². The summed E-state index contributed by atoms with van der Waals surface area (Å²) in [5.74, 6) is -2.40. The number of amides is 1. The molecule has 0 radical (unpaired) electrons. The number of phenolic OH excluding ortho intramolecular Hbond substituents is 1. The summed E-state index contributed by atoms with van der Waals surface area (Å²) in [6, 6.07) is 5.40. The normalized spacial score (nSPS) is 10.1. The Morgan fingerprint density at radius 2 is 1.71 bits per heavy atom. The highest BCUT2D eigenvalue weighted by atomic mass is 35.5. The smallest absolute Gasteiger partial charge is 0.348 e. The van der Waals surface area contributed by atoms with Crippen LogP contribution in [-0.2, 0) is 9.47 Å². The van der Waals surface area contributed by atoms with E-state index in [2.05, 4.69) is 14.8 Å². The molecule has 2 aromatic rings. The Labute approximate surface area is 145 Å². The summed E-state index contributed by atoms with van der Waals surface area (Å²) in [6.07, 6.45) is 0. The molecule has 1 amide bonds. The molecule has 1 heterocycles. The Hall–Kier alpha value is -2.58. The molecule has 2 N–H and O–H groups in total. The molecule has 0 saturated carbocycles. The summed E-state index contributed by atoms with van der Waals surface area (Å²) in [5.41, 5.74) is -0.234. The van der Waals surface area contributed by atoms with E-state index >= 15 is 0 Å². The summed E-state index contributed by atoms with van der Waals surface area (Å²) in [4.78, 5) is 35.7. The van der Waals surface area contributed by atoms with Crippen molar-refractivity contribution in [3.63, 3.8) is 0 Å². The maximum Gasteiger partial charge on any atom is 0.348 e. The number of nitrogens with one attached hydrogen (secondary N) is 1. The number of benzene rings is 1. The molecule has 0 unspecified atom stereocenters. The van der Waals surface area contributed by atoms with Gasteiger partial charge in [-0.1, -0.05) is 11.6 Å². The minimum atomic E-state index is -0.797. The summed E-state index contributed by atoms with van der Waals surface area (Å²) in [6.45, 7) is 0. The fourth-order valence-corrected chi connectivity index (χ4v) is 2.85. The summed E-state index contributed by atoms with van der Waals surface area (Å²) >= 11 is 6.81. The molecule has 0 fully saturated rings. The van der Waals surface area contributed by atoms with Crippen molar-refractivity contribution in [3.8, 4) is 5.75 Å². The number of methoxy groups -OCH3 is 2. The number of carbonyl (C=O) groups is 3. The lowest BCUT2D eigenvalue weighted by molar-refractivity contribution is 0.0591. The van der Waals surface area contributed by atoms with E-state index in [9.17, 15) is 19.5 Å². The first-order valence-electron chi connectivity index (χ1n) is 6.47. The molecule has 1 aromatic heterocycles. The van der Waals surface area contributed by atoms with Gasteiger partial charge in [0.05, 0.1) is 24.8 Å². The van der Waals surface area contributed by atoms with Crippen LogP contribution < -0.4 is 5.32 Å². The minimum Gasteiger partial charge on any atom is -0.505 e. The third-order valence-corrected chi connectivity index (χ3v) is 4.23. The molecule has 0 saturated heterocycles. The number of phenols is 1. The van der Waals surface area contributed by atoms with Crippen molar-refractivity contribution in [1.29, 1.82) is 0 Å². The van der Waals surface area contributed by atoms with Crippen LogP contribution in [0.5, 0.6) is 5.75 Å². The molecule has 2 rings (SSSR count). The van der Waals surface area contributed by atoms with Crippen LogP contribution in [0.3, 0.4) is 0 Å². The minimum absolute atomic E-state index is 0.0547. The van der Waals surface area contributed by atoms with Gasteiger partial charge in [0, 0.05) is 5.02 Å². The zero-order valence-electron chi connectivity index (χ0n) is 12.6. The first kappa shape index (κ1) is 17.8. The van der Waals surface area contributed by atoms with Gasteiger partial charge in [0.1, 0.15) is 10.4 Å². The van der Waals surface area contributed by atoms with Gasteiger partial charge in [0.2, 0.25) is 0 Å². The molecule has 0 atom stereocenters. The predicted molar refractivity (Wildman–Crippen MR) is 88.1 cm³/mol. The molecular formula is C15H12ClNO6S. The highest BCUT2D eigenvalue weighted by molar-refractivity contribution is 7.16. The molecule has 0 bridgehead atoms. The van der Waals surface area contributed by atoms with Crippen LogP contribution in [0.2, 0.25) is 5.02 Å². The average molecular weight is 370 g/mol. The lowest BCUT2D eigenvalue weighted by Crippen LogP contribution is -2.12. The molecule has 1 aromatic carbocycles. The summed E-state index contributed by atoms with van der Waals surface area (Å²) < 4.78 is 9.11. The predicted octanol–water partition coefficient (Wildman–Crippen LogP) is 2.93. The largest absolute Gasteiger partial charge is 0.505 e. The Bertz CT molecular complexity index is 816. The molecule has 0 aliphatic carbocycles. The molecule has 9 heteroatoms. The van der Waals surface area contributed by atoms with Crippen molar-refractivity contribution < 1.29 is 29.0 Å². The van der Waals surface area contributed by atoms with Crippen LogP contribution in [0.1, 0.15) is 29.7 Å². The number of esters is 2. The van der Waals surface area contributed by atoms with Crippen LogP contribution in [0.25, 0.3) is 0 Å². The van der Waals surface area contributed by atoms with E-state index in [0.717, 1.165) is 18.4 Å². The number of halogens is 1. The van der Waals surface area contributed by atoms with Crippen molar-refractivity contribution in [2.24, 2.45) is 0 Å². The SMILES string of the molecule is COC(=O)c1ccc(C(=O)Nc2cc(Cl)cc(C(=O)OC)c2O)s1. The molecule has 0 aliphatic heterocycles. The van der Waals surface area contributed by atoms with Gasteiger partial charge >= 0.3 is 11.9 Å². The van der Waals surface area contributed by atoms with Gasteiger partial charge in [-0.15, -0.1) is 11.3 Å². The van der Waals surface area contributed by atoms with Gasteiger partial charge in [-0.2, -0.15) is 0 Å². The molecule has 7 nitrogen and oxygen atoms in total. The molecule has 0 spiro atoms. The topological polar surface area (TPSA) is 102 Å². The number of ether oxygens (including phenoxy) is 2. The monoisotopic (exact) mass is 369 g/mol. The van der Waals surface area contributed by atoms with Crippen molar-refractivity contribution in [1.82, 2.24) is 0 Å². The maximum atomic E-state index is 12.2. The molecule has 126 valence electrons. The van der Waals surface area contributed by atoms with E-state index in [1.807, 2.05) is 0 Å². The Kier molecular flexibility index (Phi) is 5.42. The zero-order valence-corrected chi connectivity index (χ0v) is 14.2. The van der Waals surface area contributed by atoms with Crippen LogP contribution in [0, 0.1) is 0 Å². The zero-order chi connectivity index (χ0) is 17.9. The fourth-order valence-electron chi connectivity index (χ4n) is 1.81. The number of carbonyl (C=O) groups excluding carboxylic acids is 3. The lowest BCUT2D eigenvalue weighted by Gasteiger charge is -2.10. The van der Waals surface area contributed by atoms with Gasteiger partial charge in [0.25, 0.3) is 5.91 Å². The maximum absolute atomic E-state index is 12.2. The Morgan fingerprint density at radius 3 is 2.33 bits per heavy atom. The van der Waals surface area contributed by atoms with Crippen molar-refractivity contribution in [2.45, 2.75) is 0 Å². The highest BCUT2D eigenvalue weighted by Crippen LogP contribution is 2.33. The summed E-state index contributed by atoms with van der Waals surface area (Å²) in [5, 5.41) is 12.7. The standard InChI is InChI=1S/C15H12ClNO6S/c1-22-14(20)8-5-7(16)6-9(12(8)18)17-13(19)10-3-4-11(24-10)15(21)23-2/h3-6,18H,1-2H3,(H,17,19). The van der Waals surface area contributed by atoms with Crippen LogP contribution in [0.4, 0.5) is 5.69 Å². The summed E-state index contributed by atoms with van der Waals surface area (Å²) in [7, 11) is 2.39. The van der Waals surface area contributed by atoms with E-state index in [1.165, 1.54) is 31.4 Å². The second-order valence-electron chi connectivity index (χ2n) is 4.45. The third kappa shape index (κ3) is 3.66. The van der Waals surface area contributed by atoms with Gasteiger partial charge < -0.3 is 19.9 Å². The van der Waals surface area contributed by atoms with Gasteiger partial charge in [0.15, 0.2) is 5.75 Å². The van der Waals surface area contributed by atoms with Crippen molar-refractivity contribution in [3.05, 3.63) is 44.6 Å². The average Bonchev–Trinajstić information content (AvgIpc) is 3.06. The first-order valence-corrected chi connectivity index (χ1v) is 7.67. The second-order valence-corrected chi connectivity index (χ2v) is 5.97. The van der Waals surface area contributed by atoms with Crippen LogP contribution >= 0.6 is 22.9 Å². The van der Waals surface area contributed by atoms with E-state index in [-0.39, 0.29) is 26.0 Å². The van der Waals surface area contributed by atoms with Crippen molar-refractivity contribution >= 4 is 46.5 Å². The fraction of sp³-hybridized carbons (Fsp3) is 0.133. The number of rotatable bonds is 4. The van der Waals surface area contributed by atoms with Gasteiger partial charge in [-0.05, 0) is 24.3 Å². The molecule has 0 aliphatic rings. The highest BCUT2D eigenvalue weighted by Gasteiger charge is 2.20. The Morgan fingerprint density at radius 1 is 1.08 bits per heavy atom. The number of thiophene rings is 1. The lowest BCUT2D eigenvalue weighted by atomic mass is 10.1. The molecular weight excluding hydrogens is 358 g/mol. The first-order chi connectivity index (χ1) is 11.4. The van der Waals surface area contributed by atoms with E-state index < -0.39 is 23.6 Å².